The summed E-state index contributed by atoms with van der Waals surface area (Å²) < 4.78 is 43.1. The lowest BCUT2D eigenvalue weighted by Crippen LogP contribution is -2.15. The molecule has 32 heavy (non-hydrogen) atoms. The van der Waals surface area contributed by atoms with Crippen LogP contribution in [-0.2, 0) is 33.2 Å². The second kappa shape index (κ2) is 22.3. The van der Waals surface area contributed by atoms with Crippen molar-refractivity contribution in [2.45, 2.75) is 0 Å². The quantitative estimate of drug-likeness (QED) is 0.149. The summed E-state index contributed by atoms with van der Waals surface area (Å²) in [6.45, 7) is 7.37. The molecule has 0 unspecified atom stereocenters. The number of nitrogens with two attached hydrogens (primary N) is 1. The number of terminal acetylenes is 1. The van der Waals surface area contributed by atoms with Crippen LogP contribution in [0.15, 0.2) is 24.3 Å². The number of nitrogen functional groups attached to an aromatic ring is 1. The van der Waals surface area contributed by atoms with Crippen LogP contribution in [0.4, 0.5) is 5.69 Å². The number of hydrogen-bond acceptors (Lipinski definition) is 9. The van der Waals surface area contributed by atoms with Gasteiger partial charge in [0.2, 0.25) is 0 Å². The number of hydrogen-bond donors (Lipinski definition) is 1. The Morgan fingerprint density at radius 3 is 1.34 bits per heavy atom. The molecule has 0 aliphatic rings. The highest BCUT2D eigenvalue weighted by Gasteiger charge is 1.98. The first kappa shape index (κ1) is 28.1. The van der Waals surface area contributed by atoms with Gasteiger partial charge in [0, 0.05) is 0 Å². The van der Waals surface area contributed by atoms with Crippen molar-refractivity contribution in [3.8, 4) is 18.1 Å². The summed E-state index contributed by atoms with van der Waals surface area (Å²) in [6.07, 6.45) is 5.06. The molecule has 0 heterocycles. The molecule has 0 bridgehead atoms. The average Bonchev–Trinajstić information content (AvgIpc) is 2.80. The fourth-order valence-electron chi connectivity index (χ4n) is 2.27. The highest BCUT2D eigenvalue weighted by Crippen LogP contribution is 2.19. The van der Waals surface area contributed by atoms with Crippen molar-refractivity contribution >= 4 is 5.69 Å². The molecule has 2 N–H and O–H groups in total. The van der Waals surface area contributed by atoms with Crippen molar-refractivity contribution < 1.29 is 37.9 Å². The van der Waals surface area contributed by atoms with Gasteiger partial charge in [0.15, 0.2) is 0 Å². The Bertz CT molecular complexity index is 581. The lowest BCUT2D eigenvalue weighted by atomic mass is 10.3. The maximum Gasteiger partial charge on any atom is 0.142 e. The van der Waals surface area contributed by atoms with Gasteiger partial charge in [-0.05, 0) is 12.1 Å². The second-order valence-electron chi connectivity index (χ2n) is 6.32. The van der Waals surface area contributed by atoms with E-state index in [0.29, 0.717) is 111 Å². The molecule has 0 aliphatic carbocycles. The van der Waals surface area contributed by atoms with Gasteiger partial charge in [-0.3, -0.25) is 0 Å². The summed E-state index contributed by atoms with van der Waals surface area (Å²) in [5.74, 6) is 3.06. The first-order chi connectivity index (χ1) is 15.8. The minimum absolute atomic E-state index is 0.311. The van der Waals surface area contributed by atoms with Crippen LogP contribution >= 0.6 is 0 Å². The summed E-state index contributed by atoms with van der Waals surface area (Å²) >= 11 is 0. The predicted octanol–water partition coefficient (Wildman–Crippen LogP) is 1.40. The van der Waals surface area contributed by atoms with E-state index in [2.05, 4.69) is 5.92 Å². The zero-order chi connectivity index (χ0) is 23.0. The fraction of sp³-hybridized carbons (Fsp3) is 0.652. The van der Waals surface area contributed by atoms with E-state index in [4.69, 9.17) is 50.1 Å². The Morgan fingerprint density at radius 2 is 0.938 bits per heavy atom. The standard InChI is InChI=1S/C23H37NO8/c1-2-7-25-8-9-26-10-11-27-12-13-28-14-15-29-16-17-30-18-19-31-20-21-32-23-6-4-3-5-22(23)24/h1,3-6H,7-21,24H2. The van der Waals surface area contributed by atoms with Gasteiger partial charge in [0.25, 0.3) is 0 Å². The minimum atomic E-state index is 0.311. The fourth-order valence-corrected chi connectivity index (χ4v) is 2.27. The van der Waals surface area contributed by atoms with Gasteiger partial charge in [-0.15, -0.1) is 6.42 Å². The highest BCUT2D eigenvalue weighted by atomic mass is 16.6. The van der Waals surface area contributed by atoms with Gasteiger partial charge in [-0.2, -0.15) is 0 Å². The topological polar surface area (TPSA) is 99.9 Å². The normalized spacial score (nSPS) is 10.8. The zero-order valence-corrected chi connectivity index (χ0v) is 18.8. The van der Waals surface area contributed by atoms with Crippen molar-refractivity contribution in [3.05, 3.63) is 24.3 Å². The molecule has 0 radical (unpaired) electrons. The van der Waals surface area contributed by atoms with Crippen LogP contribution in [0.2, 0.25) is 0 Å². The molecule has 0 aliphatic heterocycles. The van der Waals surface area contributed by atoms with E-state index >= 15 is 0 Å². The van der Waals surface area contributed by atoms with Crippen molar-refractivity contribution in [2.75, 3.05) is 105 Å². The Balaban J connectivity index is 1.68. The smallest absolute Gasteiger partial charge is 0.142 e. The van der Waals surface area contributed by atoms with Crippen molar-refractivity contribution in [3.63, 3.8) is 0 Å². The van der Waals surface area contributed by atoms with E-state index in [1.807, 2.05) is 18.2 Å². The van der Waals surface area contributed by atoms with E-state index in [-0.39, 0.29) is 0 Å². The monoisotopic (exact) mass is 455 g/mol. The summed E-state index contributed by atoms with van der Waals surface area (Å²) in [5.41, 5.74) is 6.41. The SMILES string of the molecule is C#CCOCCOCCOCCOCCOCCOCCOCCOc1ccccc1N. The molecule has 0 aromatic heterocycles. The Kier molecular flexibility index (Phi) is 19.6. The molecule has 9 heteroatoms. The van der Waals surface area contributed by atoms with Crippen LogP contribution in [0.3, 0.4) is 0 Å². The van der Waals surface area contributed by atoms with Crippen LogP contribution in [0.1, 0.15) is 0 Å². The number of anilines is 1. The largest absolute Gasteiger partial charge is 0.489 e. The highest BCUT2D eigenvalue weighted by molar-refractivity contribution is 5.51. The third kappa shape index (κ3) is 17.7. The number of rotatable bonds is 23. The van der Waals surface area contributed by atoms with Gasteiger partial charge in [0.1, 0.15) is 19.0 Å². The molecule has 0 fully saturated rings. The molecule has 182 valence electrons. The van der Waals surface area contributed by atoms with E-state index in [9.17, 15) is 0 Å². The molecule has 0 spiro atoms. The Labute approximate surface area is 191 Å². The first-order valence-corrected chi connectivity index (χ1v) is 10.8. The van der Waals surface area contributed by atoms with E-state index in [0.717, 1.165) is 0 Å². The van der Waals surface area contributed by atoms with Gasteiger partial charge in [-0.25, -0.2) is 0 Å². The molecule has 0 saturated heterocycles. The lowest BCUT2D eigenvalue weighted by molar-refractivity contribution is -0.0204. The van der Waals surface area contributed by atoms with Crippen LogP contribution in [0.25, 0.3) is 0 Å². The number of benzene rings is 1. The van der Waals surface area contributed by atoms with Crippen LogP contribution < -0.4 is 10.5 Å². The zero-order valence-electron chi connectivity index (χ0n) is 18.8. The number of ether oxygens (including phenoxy) is 8. The first-order valence-electron chi connectivity index (χ1n) is 10.8. The summed E-state index contributed by atoms with van der Waals surface area (Å²) in [4.78, 5) is 0. The maximum absolute atomic E-state index is 5.79. The molecule has 1 rings (SSSR count). The Morgan fingerprint density at radius 1 is 0.562 bits per heavy atom. The molecule has 9 nitrogen and oxygen atoms in total. The second-order valence-corrected chi connectivity index (χ2v) is 6.32. The van der Waals surface area contributed by atoms with Gasteiger partial charge >= 0.3 is 0 Å². The summed E-state index contributed by atoms with van der Waals surface area (Å²) in [6, 6.07) is 7.37. The minimum Gasteiger partial charge on any atom is -0.489 e. The molecular weight excluding hydrogens is 418 g/mol. The lowest BCUT2D eigenvalue weighted by Gasteiger charge is -2.09. The molecule has 1 aromatic rings. The summed E-state index contributed by atoms with van der Waals surface area (Å²) in [5, 5.41) is 0. The van der Waals surface area contributed by atoms with Gasteiger partial charge in [-0.1, -0.05) is 18.1 Å². The van der Waals surface area contributed by atoms with Crippen molar-refractivity contribution in [2.24, 2.45) is 0 Å². The van der Waals surface area contributed by atoms with Crippen molar-refractivity contribution in [1.29, 1.82) is 0 Å². The van der Waals surface area contributed by atoms with Crippen LogP contribution in [0.5, 0.6) is 5.75 Å². The maximum atomic E-state index is 5.79. The molecule has 0 saturated carbocycles. The molecular formula is C23H37NO8. The van der Waals surface area contributed by atoms with E-state index < -0.39 is 0 Å². The average molecular weight is 456 g/mol. The van der Waals surface area contributed by atoms with Crippen molar-refractivity contribution in [1.82, 2.24) is 0 Å². The molecule has 0 amide bonds. The third-order valence-electron chi connectivity index (χ3n) is 3.82. The number of para-hydroxylation sites is 2. The van der Waals surface area contributed by atoms with E-state index in [1.54, 1.807) is 6.07 Å². The molecule has 1 aromatic carbocycles. The molecule has 0 atom stereocenters. The van der Waals surface area contributed by atoms with Crippen LogP contribution in [0, 0.1) is 12.3 Å². The Hall–Kier alpha value is -1.90. The van der Waals surface area contributed by atoms with Crippen LogP contribution in [-0.4, -0.2) is 99.1 Å². The predicted molar refractivity (Wildman–Crippen MR) is 121 cm³/mol. The summed E-state index contributed by atoms with van der Waals surface area (Å²) in [7, 11) is 0. The third-order valence-corrected chi connectivity index (χ3v) is 3.82. The van der Waals surface area contributed by atoms with Gasteiger partial charge < -0.3 is 43.6 Å². The van der Waals surface area contributed by atoms with Gasteiger partial charge in [0.05, 0.1) is 91.6 Å². The van der Waals surface area contributed by atoms with E-state index in [1.165, 1.54) is 0 Å².